The number of benzene rings is 4. The molecule has 7 heteroatoms. The van der Waals surface area contributed by atoms with Crippen molar-refractivity contribution in [1.82, 2.24) is 0 Å². The summed E-state index contributed by atoms with van der Waals surface area (Å²) in [6, 6.07) is 48.8. The summed E-state index contributed by atoms with van der Waals surface area (Å²) in [5, 5.41) is 20.5. The van der Waals surface area contributed by atoms with E-state index >= 15 is 0 Å². The molecule has 43 heavy (non-hydrogen) atoms. The lowest BCUT2D eigenvalue weighted by Gasteiger charge is -2.23. The first-order valence-electron chi connectivity index (χ1n) is 13.5. The SMILES string of the molecule is N#C/C(=C\c1ccc(N(c2ccccc2)c2ccc(-c3ccc(N(c4ccccc4)c4ccccc4)s3)s2)cc1)C(=O)O. The average molecular weight is 596 g/mol. The fourth-order valence-electron chi connectivity index (χ4n) is 4.73. The lowest BCUT2D eigenvalue weighted by Crippen LogP contribution is -2.08. The van der Waals surface area contributed by atoms with E-state index in [4.69, 9.17) is 5.26 Å². The zero-order chi connectivity index (χ0) is 29.6. The first-order valence-corrected chi connectivity index (χ1v) is 15.1. The number of carboxylic acids is 1. The molecule has 0 aliphatic carbocycles. The van der Waals surface area contributed by atoms with Crippen LogP contribution in [0.2, 0.25) is 0 Å². The first-order chi connectivity index (χ1) is 21.1. The third kappa shape index (κ3) is 6.11. The molecule has 0 bridgehead atoms. The monoisotopic (exact) mass is 595 g/mol. The van der Waals surface area contributed by atoms with E-state index in [1.165, 1.54) is 11.0 Å². The predicted octanol–water partition coefficient (Wildman–Crippen LogP) is 10.4. The number of hydrogen-bond acceptors (Lipinski definition) is 6. The van der Waals surface area contributed by atoms with E-state index in [0.717, 1.165) is 37.6 Å². The van der Waals surface area contributed by atoms with Gasteiger partial charge >= 0.3 is 5.97 Å². The Bertz CT molecular complexity index is 1870. The highest BCUT2D eigenvalue weighted by atomic mass is 32.1. The standard InChI is InChI=1S/C36H25N3O2S2/c37-25-27(36(40)41)24-26-16-18-31(19-17-26)39(30-14-8-3-9-15-30)35-23-21-33(43-35)32-20-22-34(42-32)38(28-10-4-1-5-11-28)29-12-6-2-7-13-29/h1-24H,(H,40,41)/b27-24+. The van der Waals surface area contributed by atoms with Gasteiger partial charge in [-0.2, -0.15) is 5.26 Å². The second kappa shape index (κ2) is 12.6. The molecule has 0 fully saturated rings. The second-order valence-corrected chi connectivity index (χ2v) is 11.6. The number of rotatable bonds is 9. The van der Waals surface area contributed by atoms with Crippen molar-refractivity contribution in [2.45, 2.75) is 0 Å². The largest absolute Gasteiger partial charge is 0.477 e. The number of nitriles is 1. The van der Waals surface area contributed by atoms with Crippen molar-refractivity contribution in [1.29, 1.82) is 5.26 Å². The van der Waals surface area contributed by atoms with E-state index in [1.807, 2.05) is 54.6 Å². The molecule has 6 rings (SSSR count). The number of carbonyl (C=O) groups is 1. The zero-order valence-corrected chi connectivity index (χ0v) is 24.5. The van der Waals surface area contributed by atoms with Crippen LogP contribution in [0.25, 0.3) is 15.8 Å². The highest BCUT2D eigenvalue weighted by molar-refractivity contribution is 7.26. The van der Waals surface area contributed by atoms with Crippen LogP contribution >= 0.6 is 22.7 Å². The van der Waals surface area contributed by atoms with Crippen LogP contribution < -0.4 is 9.80 Å². The van der Waals surface area contributed by atoms with Crippen molar-refractivity contribution < 1.29 is 9.90 Å². The minimum Gasteiger partial charge on any atom is -0.477 e. The van der Waals surface area contributed by atoms with Crippen molar-refractivity contribution >= 4 is 67.5 Å². The number of carboxylic acid groups (broad SMARTS) is 1. The molecule has 1 N–H and O–H groups in total. The van der Waals surface area contributed by atoms with Crippen LogP contribution in [0.4, 0.5) is 32.8 Å². The molecule has 6 aromatic rings. The maximum atomic E-state index is 11.3. The Balaban J connectivity index is 1.34. The highest BCUT2D eigenvalue weighted by Gasteiger charge is 2.18. The van der Waals surface area contributed by atoms with E-state index in [2.05, 4.69) is 94.7 Å². The summed E-state index contributed by atoms with van der Waals surface area (Å²) < 4.78 is 0. The molecule has 0 atom stereocenters. The van der Waals surface area contributed by atoms with Gasteiger partial charge in [0, 0.05) is 32.5 Å². The van der Waals surface area contributed by atoms with Gasteiger partial charge in [0.05, 0.1) is 0 Å². The van der Waals surface area contributed by atoms with Crippen molar-refractivity contribution in [3.05, 3.63) is 151 Å². The summed E-state index contributed by atoms with van der Waals surface area (Å²) in [5.74, 6) is -1.24. The van der Waals surface area contributed by atoms with Crippen LogP contribution in [0.3, 0.4) is 0 Å². The maximum Gasteiger partial charge on any atom is 0.346 e. The van der Waals surface area contributed by atoms with Crippen molar-refractivity contribution in [2.75, 3.05) is 9.80 Å². The van der Waals surface area contributed by atoms with Crippen LogP contribution in [0.1, 0.15) is 5.56 Å². The number of para-hydroxylation sites is 3. The molecule has 4 aromatic carbocycles. The number of anilines is 6. The van der Waals surface area contributed by atoms with Gasteiger partial charge < -0.3 is 14.9 Å². The van der Waals surface area contributed by atoms with Crippen molar-refractivity contribution in [3.63, 3.8) is 0 Å². The molecule has 5 nitrogen and oxygen atoms in total. The van der Waals surface area contributed by atoms with Gasteiger partial charge in [-0.05, 0) is 84.4 Å². The van der Waals surface area contributed by atoms with Crippen LogP contribution in [0.15, 0.2) is 145 Å². The Kier molecular flexibility index (Phi) is 8.14. The molecule has 0 amide bonds. The Hall–Kier alpha value is -5.42. The molecule has 0 aliphatic heterocycles. The van der Waals surface area contributed by atoms with Crippen LogP contribution in [-0.4, -0.2) is 11.1 Å². The van der Waals surface area contributed by atoms with Gasteiger partial charge in [-0.15, -0.1) is 22.7 Å². The minimum atomic E-state index is -1.24. The number of hydrogen-bond donors (Lipinski definition) is 1. The predicted molar refractivity (Wildman–Crippen MR) is 178 cm³/mol. The minimum absolute atomic E-state index is 0.302. The summed E-state index contributed by atoms with van der Waals surface area (Å²) in [6.07, 6.45) is 1.38. The summed E-state index contributed by atoms with van der Waals surface area (Å²) in [6.45, 7) is 0. The third-order valence-corrected chi connectivity index (χ3v) is 9.06. The summed E-state index contributed by atoms with van der Waals surface area (Å²) in [4.78, 5) is 18.1. The van der Waals surface area contributed by atoms with E-state index in [1.54, 1.807) is 28.7 Å². The Morgan fingerprint density at radius 2 is 0.977 bits per heavy atom. The molecule has 0 saturated carbocycles. The highest BCUT2D eigenvalue weighted by Crippen LogP contribution is 2.46. The normalized spacial score (nSPS) is 11.1. The first kappa shape index (κ1) is 27.7. The van der Waals surface area contributed by atoms with Gasteiger partial charge in [0.2, 0.25) is 0 Å². The average Bonchev–Trinajstić information content (AvgIpc) is 3.73. The summed E-state index contributed by atoms with van der Waals surface area (Å²) in [7, 11) is 0. The van der Waals surface area contributed by atoms with E-state index in [9.17, 15) is 9.90 Å². The summed E-state index contributed by atoms with van der Waals surface area (Å²) >= 11 is 3.46. The van der Waals surface area contributed by atoms with Crippen LogP contribution in [0.5, 0.6) is 0 Å². The molecular formula is C36H25N3O2S2. The molecule has 0 radical (unpaired) electrons. The van der Waals surface area contributed by atoms with E-state index in [0.29, 0.717) is 5.56 Å². The maximum absolute atomic E-state index is 11.3. The smallest absolute Gasteiger partial charge is 0.346 e. The van der Waals surface area contributed by atoms with E-state index in [-0.39, 0.29) is 5.57 Å². The van der Waals surface area contributed by atoms with Crippen molar-refractivity contribution in [3.8, 4) is 15.8 Å². The lowest BCUT2D eigenvalue weighted by molar-refractivity contribution is -0.132. The molecule has 2 heterocycles. The number of thiophene rings is 2. The van der Waals surface area contributed by atoms with Gasteiger partial charge in [-0.3, -0.25) is 0 Å². The molecule has 0 unspecified atom stereocenters. The van der Waals surface area contributed by atoms with Gasteiger partial charge in [-0.25, -0.2) is 4.79 Å². The van der Waals surface area contributed by atoms with Crippen LogP contribution in [-0.2, 0) is 4.79 Å². The quantitative estimate of drug-likeness (QED) is 0.133. The molecule has 0 aliphatic rings. The zero-order valence-electron chi connectivity index (χ0n) is 22.9. The molecule has 0 saturated heterocycles. The third-order valence-electron chi connectivity index (χ3n) is 6.72. The fraction of sp³-hybridized carbons (Fsp3) is 0. The van der Waals surface area contributed by atoms with E-state index < -0.39 is 5.97 Å². The molecule has 0 spiro atoms. The Morgan fingerprint density at radius 1 is 0.581 bits per heavy atom. The topological polar surface area (TPSA) is 67.6 Å². The van der Waals surface area contributed by atoms with Gasteiger partial charge in [-0.1, -0.05) is 66.7 Å². The Morgan fingerprint density at radius 3 is 1.35 bits per heavy atom. The van der Waals surface area contributed by atoms with Gasteiger partial charge in [0.15, 0.2) is 0 Å². The number of aliphatic carboxylic acids is 1. The van der Waals surface area contributed by atoms with Gasteiger partial charge in [0.1, 0.15) is 21.6 Å². The summed E-state index contributed by atoms with van der Waals surface area (Å²) in [5.41, 5.74) is 4.49. The fourth-order valence-corrected chi connectivity index (χ4v) is 6.91. The molecular weight excluding hydrogens is 571 g/mol. The molecule has 208 valence electrons. The molecule has 2 aromatic heterocycles. The number of nitrogens with zero attached hydrogens (tertiary/aromatic N) is 3. The van der Waals surface area contributed by atoms with Crippen LogP contribution in [0, 0.1) is 11.3 Å². The van der Waals surface area contributed by atoms with Crippen molar-refractivity contribution in [2.24, 2.45) is 0 Å². The van der Waals surface area contributed by atoms with Gasteiger partial charge in [0.25, 0.3) is 0 Å². The second-order valence-electron chi connectivity index (χ2n) is 9.52. The lowest BCUT2D eigenvalue weighted by atomic mass is 10.1. The Labute approximate surface area is 258 Å².